The van der Waals surface area contributed by atoms with Gasteiger partial charge in [-0.25, -0.2) is 8.78 Å². The van der Waals surface area contributed by atoms with E-state index < -0.39 is 17.2 Å². The summed E-state index contributed by atoms with van der Waals surface area (Å²) in [5.74, 6) is -1.37. The Morgan fingerprint density at radius 1 is 1.35 bits per heavy atom. The van der Waals surface area contributed by atoms with Crippen molar-refractivity contribution in [2.24, 2.45) is 5.92 Å². The highest BCUT2D eigenvalue weighted by Crippen LogP contribution is 2.47. The van der Waals surface area contributed by atoms with E-state index in [-0.39, 0.29) is 33.3 Å². The largest absolute Gasteiger partial charge is 0.390 e. The third-order valence-corrected chi connectivity index (χ3v) is 7.63. The molecular weight excluding hydrogens is 434 g/mol. The maximum Gasteiger partial charge on any atom is 0.131 e. The molecule has 1 fully saturated rings. The van der Waals surface area contributed by atoms with Gasteiger partial charge in [-0.1, -0.05) is 37.9 Å². The molecule has 1 aliphatic carbocycles. The molecular formula is C17H22Br2F2O2. The molecule has 0 amide bonds. The topological polar surface area (TPSA) is 29.5 Å². The highest BCUT2D eigenvalue weighted by Gasteiger charge is 2.49. The van der Waals surface area contributed by atoms with Gasteiger partial charge in [0.1, 0.15) is 11.6 Å². The molecule has 4 atom stereocenters. The van der Waals surface area contributed by atoms with E-state index in [1.165, 1.54) is 18.2 Å². The monoisotopic (exact) mass is 454 g/mol. The first-order chi connectivity index (χ1) is 10.5. The molecule has 0 bridgehead atoms. The van der Waals surface area contributed by atoms with Gasteiger partial charge in [0.2, 0.25) is 0 Å². The summed E-state index contributed by atoms with van der Waals surface area (Å²) in [5.41, 5.74) is -1.02. The fourth-order valence-electron chi connectivity index (χ4n) is 3.09. The third-order valence-electron chi connectivity index (χ3n) is 4.59. The van der Waals surface area contributed by atoms with Gasteiger partial charge in [-0.3, -0.25) is 0 Å². The number of aliphatic hydroxyl groups is 1. The second-order valence-electron chi connectivity index (χ2n) is 6.95. The van der Waals surface area contributed by atoms with Crippen molar-refractivity contribution in [2.45, 2.75) is 61.1 Å². The molecule has 1 saturated carbocycles. The summed E-state index contributed by atoms with van der Waals surface area (Å²) in [6.45, 7) is 5.37. The van der Waals surface area contributed by atoms with Crippen LogP contribution in [0.3, 0.4) is 0 Å². The minimum absolute atomic E-state index is 0.0801. The molecule has 1 aromatic rings. The van der Waals surface area contributed by atoms with E-state index in [9.17, 15) is 13.9 Å². The zero-order chi connectivity index (χ0) is 17.4. The van der Waals surface area contributed by atoms with Crippen LogP contribution in [0, 0.1) is 17.6 Å². The van der Waals surface area contributed by atoms with Crippen LogP contribution in [0.2, 0.25) is 0 Å². The molecule has 0 heterocycles. The van der Waals surface area contributed by atoms with Crippen molar-refractivity contribution in [2.75, 3.05) is 0 Å². The van der Waals surface area contributed by atoms with E-state index in [2.05, 4.69) is 31.9 Å². The summed E-state index contributed by atoms with van der Waals surface area (Å²) in [6.07, 6.45) is 1.26. The third kappa shape index (κ3) is 4.33. The molecule has 2 nitrogen and oxygen atoms in total. The lowest BCUT2D eigenvalue weighted by Crippen LogP contribution is -2.54. The predicted octanol–water partition coefficient (Wildman–Crippen LogP) is 4.95. The number of hydrogen-bond acceptors (Lipinski definition) is 2. The second-order valence-corrected chi connectivity index (χ2v) is 9.75. The number of rotatable bonds is 4. The van der Waals surface area contributed by atoms with Crippen LogP contribution in [0.15, 0.2) is 18.2 Å². The average Bonchev–Trinajstić information content (AvgIpc) is 2.41. The zero-order valence-corrected chi connectivity index (χ0v) is 16.6. The summed E-state index contributed by atoms with van der Waals surface area (Å²) < 4.78 is 33.3. The van der Waals surface area contributed by atoms with E-state index in [0.29, 0.717) is 0 Å². The summed E-state index contributed by atoms with van der Waals surface area (Å²) >= 11 is 7.34. The fraction of sp³-hybridized carbons (Fsp3) is 0.647. The first kappa shape index (κ1) is 19.3. The van der Waals surface area contributed by atoms with Crippen LogP contribution in [0.4, 0.5) is 8.78 Å². The molecule has 23 heavy (non-hydrogen) atoms. The summed E-state index contributed by atoms with van der Waals surface area (Å²) in [5, 5.41) is 10.4. The first-order valence-corrected chi connectivity index (χ1v) is 9.35. The van der Waals surface area contributed by atoms with E-state index in [0.717, 1.165) is 12.8 Å². The van der Waals surface area contributed by atoms with Crippen molar-refractivity contribution < 1.29 is 18.6 Å². The van der Waals surface area contributed by atoms with Gasteiger partial charge in [0.15, 0.2) is 0 Å². The SMILES string of the molecule is CC(C)(O)C1CCC(C)(Br)C(Br)C1OCc1c(F)cccc1F. The lowest BCUT2D eigenvalue weighted by Gasteiger charge is -2.47. The molecule has 0 radical (unpaired) electrons. The van der Waals surface area contributed by atoms with Gasteiger partial charge in [-0.15, -0.1) is 0 Å². The Morgan fingerprint density at radius 2 is 1.91 bits per heavy atom. The molecule has 130 valence electrons. The maximum atomic E-state index is 13.8. The molecule has 1 N–H and O–H groups in total. The van der Waals surface area contributed by atoms with Crippen LogP contribution in [-0.2, 0) is 11.3 Å². The Hall–Kier alpha value is -0.0400. The molecule has 1 aromatic carbocycles. The van der Waals surface area contributed by atoms with E-state index in [1.807, 2.05) is 6.92 Å². The van der Waals surface area contributed by atoms with Gasteiger partial charge in [-0.2, -0.15) is 0 Å². The van der Waals surface area contributed by atoms with Gasteiger partial charge >= 0.3 is 0 Å². The summed E-state index contributed by atoms with van der Waals surface area (Å²) in [6, 6.07) is 3.77. The van der Waals surface area contributed by atoms with Crippen LogP contribution in [0.1, 0.15) is 39.2 Å². The molecule has 2 rings (SSSR count). The van der Waals surface area contributed by atoms with Crippen LogP contribution in [0.25, 0.3) is 0 Å². The van der Waals surface area contributed by atoms with Crippen LogP contribution < -0.4 is 0 Å². The standard InChI is InChI=1S/C17H22Br2F2O2/c1-16(2,22)11-7-8-17(3,19)15(18)14(11)23-9-10-12(20)5-4-6-13(10)21/h4-6,11,14-15,22H,7-9H2,1-3H3. The number of hydrogen-bond donors (Lipinski definition) is 1. The molecule has 0 aromatic heterocycles. The van der Waals surface area contributed by atoms with Crippen molar-refractivity contribution >= 4 is 31.9 Å². The second kappa shape index (κ2) is 7.06. The maximum absolute atomic E-state index is 13.8. The average molecular weight is 456 g/mol. The predicted molar refractivity (Wildman–Crippen MR) is 94.0 cm³/mol. The first-order valence-electron chi connectivity index (χ1n) is 7.64. The minimum atomic E-state index is -0.937. The minimum Gasteiger partial charge on any atom is -0.390 e. The normalized spacial score (nSPS) is 32.1. The molecule has 0 aliphatic heterocycles. The van der Waals surface area contributed by atoms with E-state index in [1.54, 1.807) is 13.8 Å². The molecule has 0 saturated heterocycles. The quantitative estimate of drug-likeness (QED) is 0.651. The lowest BCUT2D eigenvalue weighted by molar-refractivity contribution is -0.100. The Balaban J connectivity index is 2.22. The fourth-order valence-corrected chi connectivity index (χ4v) is 4.33. The number of halogens is 4. The Bertz CT molecular complexity index is 538. The van der Waals surface area contributed by atoms with E-state index in [4.69, 9.17) is 4.74 Å². The van der Waals surface area contributed by atoms with Crippen molar-refractivity contribution in [1.82, 2.24) is 0 Å². The zero-order valence-electron chi connectivity index (χ0n) is 13.5. The number of benzene rings is 1. The Morgan fingerprint density at radius 3 is 2.43 bits per heavy atom. The van der Waals surface area contributed by atoms with Crippen molar-refractivity contribution in [3.05, 3.63) is 35.4 Å². The summed E-state index contributed by atoms with van der Waals surface area (Å²) in [4.78, 5) is -0.0880. The van der Waals surface area contributed by atoms with Crippen LogP contribution in [0.5, 0.6) is 0 Å². The van der Waals surface area contributed by atoms with Crippen LogP contribution in [-0.4, -0.2) is 26.0 Å². The highest BCUT2D eigenvalue weighted by atomic mass is 79.9. The van der Waals surface area contributed by atoms with Gasteiger partial charge in [0, 0.05) is 15.8 Å². The van der Waals surface area contributed by atoms with Crippen molar-refractivity contribution in [1.29, 1.82) is 0 Å². The highest BCUT2D eigenvalue weighted by molar-refractivity contribution is 9.12. The van der Waals surface area contributed by atoms with Gasteiger partial charge in [-0.05, 0) is 45.7 Å². The van der Waals surface area contributed by atoms with Gasteiger partial charge in [0.25, 0.3) is 0 Å². The van der Waals surface area contributed by atoms with Crippen molar-refractivity contribution in [3.63, 3.8) is 0 Å². The van der Waals surface area contributed by atoms with Gasteiger partial charge < -0.3 is 9.84 Å². The summed E-state index contributed by atoms with van der Waals surface area (Å²) in [7, 11) is 0. The Labute approximate surface area is 152 Å². The number of alkyl halides is 2. The van der Waals surface area contributed by atoms with Gasteiger partial charge in [0.05, 0.1) is 23.1 Å². The Kier molecular flexibility index (Phi) is 5.92. The lowest BCUT2D eigenvalue weighted by atomic mass is 9.73. The van der Waals surface area contributed by atoms with E-state index >= 15 is 0 Å². The molecule has 0 spiro atoms. The smallest absolute Gasteiger partial charge is 0.131 e. The molecule has 6 heteroatoms. The molecule has 4 unspecified atom stereocenters. The van der Waals surface area contributed by atoms with Crippen LogP contribution >= 0.6 is 31.9 Å². The molecule has 1 aliphatic rings. The number of ether oxygens (including phenoxy) is 1. The van der Waals surface area contributed by atoms with Crippen molar-refractivity contribution in [3.8, 4) is 0 Å².